The van der Waals surface area contributed by atoms with E-state index in [0.717, 1.165) is 5.56 Å². The molecule has 1 rings (SSSR count). The monoisotopic (exact) mass is 310 g/mol. The Balaban J connectivity index is 2.75. The maximum Gasteiger partial charge on any atom is 0.320 e. The third-order valence-corrected chi connectivity index (χ3v) is 2.90. The summed E-state index contributed by atoms with van der Waals surface area (Å²) >= 11 is 0. The molecule has 1 aromatic rings. The maximum absolute atomic E-state index is 12.9. The van der Waals surface area contributed by atoms with Gasteiger partial charge in [-0.25, -0.2) is 4.39 Å². The zero-order chi connectivity index (χ0) is 16.8. The lowest BCUT2D eigenvalue weighted by Crippen LogP contribution is -2.34. The molecule has 0 aliphatic rings. The van der Waals surface area contributed by atoms with Crippen LogP contribution < -0.4 is 0 Å². The highest BCUT2D eigenvalue weighted by Gasteiger charge is 2.32. The van der Waals surface area contributed by atoms with Crippen molar-refractivity contribution in [3.05, 3.63) is 35.6 Å². The Hall–Kier alpha value is -1.91. The SMILES string of the molecule is CCOC(=O)C(CCc1ccc(F)cc1)C(=O)OC(C)(C)C. The summed E-state index contributed by atoms with van der Waals surface area (Å²) in [4.78, 5) is 24.1. The van der Waals surface area contributed by atoms with E-state index in [2.05, 4.69) is 0 Å². The highest BCUT2D eigenvalue weighted by molar-refractivity contribution is 5.95. The molecular weight excluding hydrogens is 287 g/mol. The summed E-state index contributed by atoms with van der Waals surface area (Å²) in [7, 11) is 0. The molecule has 4 nitrogen and oxygen atoms in total. The minimum absolute atomic E-state index is 0.203. The molecule has 122 valence electrons. The number of ether oxygens (including phenoxy) is 2. The fourth-order valence-electron chi connectivity index (χ4n) is 1.91. The molecular formula is C17H23FO4. The maximum atomic E-state index is 12.9. The molecule has 0 aromatic heterocycles. The van der Waals surface area contributed by atoms with Crippen LogP contribution >= 0.6 is 0 Å². The van der Waals surface area contributed by atoms with E-state index in [1.807, 2.05) is 0 Å². The van der Waals surface area contributed by atoms with Crippen LogP contribution in [0.4, 0.5) is 4.39 Å². The van der Waals surface area contributed by atoms with Gasteiger partial charge in [-0.15, -0.1) is 0 Å². The van der Waals surface area contributed by atoms with E-state index in [9.17, 15) is 14.0 Å². The van der Waals surface area contributed by atoms with Crippen LogP contribution in [0.1, 0.15) is 39.7 Å². The molecule has 0 saturated carbocycles. The third kappa shape index (κ3) is 6.24. The van der Waals surface area contributed by atoms with Crippen LogP contribution in [-0.2, 0) is 25.5 Å². The zero-order valence-electron chi connectivity index (χ0n) is 13.5. The third-order valence-electron chi connectivity index (χ3n) is 2.90. The molecule has 1 aromatic carbocycles. The lowest BCUT2D eigenvalue weighted by molar-refractivity contribution is -0.169. The molecule has 0 aliphatic carbocycles. The van der Waals surface area contributed by atoms with Gasteiger partial charge in [-0.1, -0.05) is 12.1 Å². The van der Waals surface area contributed by atoms with E-state index in [1.54, 1.807) is 39.8 Å². The number of hydrogen-bond donors (Lipinski definition) is 0. The van der Waals surface area contributed by atoms with Gasteiger partial charge in [0.2, 0.25) is 0 Å². The Bertz CT molecular complexity index is 502. The average Bonchev–Trinajstić information content (AvgIpc) is 2.39. The molecule has 22 heavy (non-hydrogen) atoms. The molecule has 0 spiro atoms. The van der Waals surface area contributed by atoms with Gasteiger partial charge >= 0.3 is 11.9 Å². The predicted molar refractivity (Wildman–Crippen MR) is 80.7 cm³/mol. The van der Waals surface area contributed by atoms with Crippen molar-refractivity contribution >= 4 is 11.9 Å². The second-order valence-electron chi connectivity index (χ2n) is 6.00. The Kier molecular flexibility index (Phi) is 6.53. The molecule has 0 N–H and O–H groups in total. The first-order valence-electron chi connectivity index (χ1n) is 7.37. The molecule has 1 atom stereocenters. The molecule has 0 aliphatic heterocycles. The largest absolute Gasteiger partial charge is 0.465 e. The molecule has 0 bridgehead atoms. The fourth-order valence-corrected chi connectivity index (χ4v) is 1.91. The van der Waals surface area contributed by atoms with Gasteiger partial charge in [0.05, 0.1) is 6.61 Å². The number of esters is 2. The molecule has 1 unspecified atom stereocenters. The van der Waals surface area contributed by atoms with Crippen molar-refractivity contribution in [1.82, 2.24) is 0 Å². The number of hydrogen-bond acceptors (Lipinski definition) is 4. The number of carbonyl (C=O) groups is 2. The van der Waals surface area contributed by atoms with E-state index >= 15 is 0 Å². The van der Waals surface area contributed by atoms with Gasteiger partial charge in [0.1, 0.15) is 11.4 Å². The minimum atomic E-state index is -0.968. The first-order chi connectivity index (χ1) is 10.2. The van der Waals surface area contributed by atoms with E-state index in [4.69, 9.17) is 9.47 Å². The average molecular weight is 310 g/mol. The van der Waals surface area contributed by atoms with E-state index < -0.39 is 23.5 Å². The Morgan fingerprint density at radius 2 is 1.73 bits per heavy atom. The van der Waals surface area contributed by atoms with Gasteiger partial charge in [-0.3, -0.25) is 9.59 Å². The first-order valence-corrected chi connectivity index (χ1v) is 7.37. The van der Waals surface area contributed by atoms with Crippen molar-refractivity contribution in [3.63, 3.8) is 0 Å². The molecule has 0 amide bonds. The topological polar surface area (TPSA) is 52.6 Å². The summed E-state index contributed by atoms with van der Waals surface area (Å²) in [6.45, 7) is 7.12. The Morgan fingerprint density at radius 1 is 1.14 bits per heavy atom. The van der Waals surface area contributed by atoms with Crippen LogP contribution in [0.5, 0.6) is 0 Å². The van der Waals surface area contributed by atoms with Crippen LogP contribution in [0.15, 0.2) is 24.3 Å². The number of benzene rings is 1. The predicted octanol–water partition coefficient (Wildman–Crippen LogP) is 3.28. The molecule has 0 radical (unpaired) electrons. The number of aryl methyl sites for hydroxylation is 1. The Labute approximate surface area is 130 Å². The lowest BCUT2D eigenvalue weighted by atomic mass is 9.99. The number of rotatable bonds is 6. The molecule has 5 heteroatoms. The minimum Gasteiger partial charge on any atom is -0.465 e. The lowest BCUT2D eigenvalue weighted by Gasteiger charge is -2.23. The van der Waals surface area contributed by atoms with E-state index in [1.165, 1.54) is 12.1 Å². The number of halogens is 1. The Morgan fingerprint density at radius 3 is 2.23 bits per heavy atom. The molecule has 0 heterocycles. The van der Waals surface area contributed by atoms with Crippen LogP contribution in [0.3, 0.4) is 0 Å². The summed E-state index contributed by atoms with van der Waals surface area (Å²) in [5, 5.41) is 0. The second kappa shape index (κ2) is 7.92. The summed E-state index contributed by atoms with van der Waals surface area (Å²) in [6, 6.07) is 5.96. The van der Waals surface area contributed by atoms with Gasteiger partial charge in [0.15, 0.2) is 5.92 Å². The van der Waals surface area contributed by atoms with Crippen molar-refractivity contribution < 1.29 is 23.5 Å². The first kappa shape index (κ1) is 18.1. The summed E-state index contributed by atoms with van der Waals surface area (Å²) < 4.78 is 23.1. The normalized spacial score (nSPS) is 12.6. The van der Waals surface area contributed by atoms with Gasteiger partial charge in [0.25, 0.3) is 0 Å². The quantitative estimate of drug-likeness (QED) is 0.598. The van der Waals surface area contributed by atoms with Gasteiger partial charge in [-0.05, 0) is 58.2 Å². The standard InChI is InChI=1S/C17H23FO4/c1-5-21-15(19)14(16(20)22-17(2,3)4)11-8-12-6-9-13(18)10-7-12/h6-7,9-10,14H,5,8,11H2,1-4H3. The van der Waals surface area contributed by atoms with Gasteiger partial charge in [0, 0.05) is 0 Å². The molecule has 0 fully saturated rings. The smallest absolute Gasteiger partial charge is 0.320 e. The van der Waals surface area contributed by atoms with Crippen LogP contribution in [0.25, 0.3) is 0 Å². The summed E-state index contributed by atoms with van der Waals surface area (Å²) in [6.07, 6.45) is 0.725. The van der Waals surface area contributed by atoms with E-state index in [-0.39, 0.29) is 18.8 Å². The van der Waals surface area contributed by atoms with Gasteiger partial charge < -0.3 is 9.47 Å². The van der Waals surface area contributed by atoms with Crippen LogP contribution in [-0.4, -0.2) is 24.1 Å². The second-order valence-corrected chi connectivity index (χ2v) is 6.00. The van der Waals surface area contributed by atoms with Crippen molar-refractivity contribution in [3.8, 4) is 0 Å². The summed E-state index contributed by atoms with van der Waals surface area (Å²) in [5.74, 6) is -2.46. The number of carbonyl (C=O) groups excluding carboxylic acids is 2. The van der Waals surface area contributed by atoms with Crippen LogP contribution in [0.2, 0.25) is 0 Å². The van der Waals surface area contributed by atoms with Gasteiger partial charge in [-0.2, -0.15) is 0 Å². The highest BCUT2D eigenvalue weighted by atomic mass is 19.1. The van der Waals surface area contributed by atoms with Crippen molar-refractivity contribution in [2.45, 2.75) is 46.1 Å². The van der Waals surface area contributed by atoms with Crippen molar-refractivity contribution in [2.24, 2.45) is 5.92 Å². The van der Waals surface area contributed by atoms with Crippen molar-refractivity contribution in [2.75, 3.05) is 6.61 Å². The summed E-state index contributed by atoms with van der Waals surface area (Å²) in [5.41, 5.74) is 0.178. The zero-order valence-corrected chi connectivity index (χ0v) is 13.5. The highest BCUT2D eigenvalue weighted by Crippen LogP contribution is 2.18. The fraction of sp³-hybridized carbons (Fsp3) is 0.529. The molecule has 0 saturated heterocycles. The van der Waals surface area contributed by atoms with E-state index in [0.29, 0.717) is 6.42 Å². The van der Waals surface area contributed by atoms with Crippen LogP contribution in [0, 0.1) is 11.7 Å². The van der Waals surface area contributed by atoms with Crippen molar-refractivity contribution in [1.29, 1.82) is 0 Å².